The zero-order valence-electron chi connectivity index (χ0n) is 10.2. The fourth-order valence-corrected chi connectivity index (χ4v) is 3.21. The van der Waals surface area contributed by atoms with Gasteiger partial charge in [0.15, 0.2) is 0 Å². The minimum atomic E-state index is 0.124. The van der Waals surface area contributed by atoms with Crippen molar-refractivity contribution < 1.29 is 4.79 Å². The van der Waals surface area contributed by atoms with E-state index in [-0.39, 0.29) is 17.9 Å². The van der Waals surface area contributed by atoms with Crippen LogP contribution < -0.4 is 11.1 Å². The first-order valence-corrected chi connectivity index (χ1v) is 7.11. The molecule has 2 atom stereocenters. The van der Waals surface area contributed by atoms with Crippen molar-refractivity contribution in [2.24, 2.45) is 11.7 Å². The number of rotatable bonds is 3. The molecule has 3 N–H and O–H groups in total. The van der Waals surface area contributed by atoms with Gasteiger partial charge in [0.05, 0.1) is 6.54 Å². The van der Waals surface area contributed by atoms with Crippen LogP contribution in [0.2, 0.25) is 0 Å². The van der Waals surface area contributed by atoms with E-state index in [1.165, 1.54) is 10.4 Å². The van der Waals surface area contributed by atoms with Gasteiger partial charge < -0.3 is 11.1 Å². The van der Waals surface area contributed by atoms with Crippen LogP contribution in [0.15, 0.2) is 11.4 Å². The van der Waals surface area contributed by atoms with Gasteiger partial charge in [-0.15, -0.1) is 11.3 Å². The Bertz CT molecular complexity index is 389. The van der Waals surface area contributed by atoms with E-state index in [9.17, 15) is 4.79 Å². The monoisotopic (exact) mass is 252 g/mol. The molecule has 4 heteroatoms. The van der Waals surface area contributed by atoms with Gasteiger partial charge in [0.1, 0.15) is 0 Å². The first kappa shape index (κ1) is 12.6. The molecule has 1 amide bonds. The first-order chi connectivity index (χ1) is 8.16. The Morgan fingerprint density at radius 2 is 2.41 bits per heavy atom. The summed E-state index contributed by atoms with van der Waals surface area (Å²) in [6.07, 6.45) is 3.98. The van der Waals surface area contributed by atoms with Gasteiger partial charge in [-0.05, 0) is 43.2 Å². The number of carbonyl (C=O) groups excluding carboxylic acids is 1. The van der Waals surface area contributed by atoms with Crippen LogP contribution in [0.5, 0.6) is 0 Å². The standard InChI is InChI=1S/C13H20N2OS/c1-9-5-6-17-12(9)8-15-13(16)10-3-2-4-11(14)7-10/h5-6,10-11H,2-4,7-8,14H2,1H3,(H,15,16). The molecule has 1 aromatic heterocycles. The van der Waals surface area contributed by atoms with Gasteiger partial charge in [-0.3, -0.25) is 4.79 Å². The van der Waals surface area contributed by atoms with Crippen LogP contribution in [0.1, 0.15) is 36.1 Å². The molecule has 0 spiro atoms. The molecule has 2 rings (SSSR count). The number of hydrogen-bond acceptors (Lipinski definition) is 3. The molecule has 0 saturated heterocycles. The number of aryl methyl sites for hydroxylation is 1. The Morgan fingerprint density at radius 3 is 3.06 bits per heavy atom. The average Bonchev–Trinajstić information content (AvgIpc) is 2.72. The highest BCUT2D eigenvalue weighted by Gasteiger charge is 2.25. The highest BCUT2D eigenvalue weighted by Crippen LogP contribution is 2.23. The number of amides is 1. The Labute approximate surface area is 106 Å². The van der Waals surface area contributed by atoms with Crippen molar-refractivity contribution in [2.45, 2.75) is 45.2 Å². The summed E-state index contributed by atoms with van der Waals surface area (Å²) in [5.74, 6) is 0.298. The third kappa shape index (κ3) is 3.30. The maximum Gasteiger partial charge on any atom is 0.223 e. The summed E-state index contributed by atoms with van der Waals surface area (Å²) in [5, 5.41) is 5.09. The van der Waals surface area contributed by atoms with Crippen molar-refractivity contribution >= 4 is 17.2 Å². The Morgan fingerprint density at radius 1 is 1.59 bits per heavy atom. The van der Waals surface area contributed by atoms with Gasteiger partial charge in [-0.25, -0.2) is 0 Å². The summed E-state index contributed by atoms with van der Waals surface area (Å²) < 4.78 is 0. The number of nitrogens with two attached hydrogens (primary N) is 1. The van der Waals surface area contributed by atoms with Gasteiger partial charge in [-0.2, -0.15) is 0 Å². The van der Waals surface area contributed by atoms with E-state index in [2.05, 4.69) is 23.7 Å². The molecule has 1 fully saturated rings. The Balaban J connectivity index is 1.83. The molecule has 0 bridgehead atoms. The van der Waals surface area contributed by atoms with Crippen LogP contribution in [-0.4, -0.2) is 11.9 Å². The van der Waals surface area contributed by atoms with Gasteiger partial charge in [0.25, 0.3) is 0 Å². The van der Waals surface area contributed by atoms with Crippen molar-refractivity contribution in [1.82, 2.24) is 5.32 Å². The van der Waals surface area contributed by atoms with Crippen molar-refractivity contribution in [3.8, 4) is 0 Å². The predicted octanol–water partition coefficient (Wildman–Crippen LogP) is 2.19. The summed E-state index contributed by atoms with van der Waals surface area (Å²) in [5.41, 5.74) is 7.16. The smallest absolute Gasteiger partial charge is 0.223 e. The summed E-state index contributed by atoms with van der Waals surface area (Å²) in [7, 11) is 0. The molecule has 1 heterocycles. The minimum absolute atomic E-state index is 0.124. The minimum Gasteiger partial charge on any atom is -0.351 e. The summed E-state index contributed by atoms with van der Waals surface area (Å²) >= 11 is 1.70. The molecular weight excluding hydrogens is 232 g/mol. The second kappa shape index (κ2) is 5.65. The summed E-state index contributed by atoms with van der Waals surface area (Å²) in [6.45, 7) is 2.74. The second-order valence-electron chi connectivity index (χ2n) is 4.87. The Kier molecular flexibility index (Phi) is 4.18. The van der Waals surface area contributed by atoms with E-state index in [0.717, 1.165) is 25.7 Å². The highest BCUT2D eigenvalue weighted by molar-refractivity contribution is 7.10. The Hall–Kier alpha value is -0.870. The van der Waals surface area contributed by atoms with E-state index < -0.39 is 0 Å². The predicted molar refractivity (Wildman–Crippen MR) is 70.8 cm³/mol. The van der Waals surface area contributed by atoms with Crippen LogP contribution in [0.4, 0.5) is 0 Å². The molecule has 2 unspecified atom stereocenters. The molecule has 0 aromatic carbocycles. The zero-order valence-corrected chi connectivity index (χ0v) is 11.1. The number of thiophene rings is 1. The average molecular weight is 252 g/mol. The van der Waals surface area contributed by atoms with Gasteiger partial charge in [0, 0.05) is 16.8 Å². The van der Waals surface area contributed by atoms with Crippen LogP contribution >= 0.6 is 11.3 Å². The lowest BCUT2D eigenvalue weighted by Crippen LogP contribution is -2.37. The molecule has 1 aromatic rings. The fraction of sp³-hybridized carbons (Fsp3) is 0.615. The largest absolute Gasteiger partial charge is 0.351 e. The molecule has 3 nitrogen and oxygen atoms in total. The molecule has 1 aliphatic carbocycles. The van der Waals surface area contributed by atoms with Gasteiger partial charge >= 0.3 is 0 Å². The van der Waals surface area contributed by atoms with Gasteiger partial charge in [0.2, 0.25) is 5.91 Å². The second-order valence-corrected chi connectivity index (χ2v) is 5.87. The third-order valence-electron chi connectivity index (χ3n) is 3.48. The SMILES string of the molecule is Cc1ccsc1CNC(=O)C1CCCC(N)C1. The maximum absolute atomic E-state index is 12.0. The quantitative estimate of drug-likeness (QED) is 0.866. The number of hydrogen-bond donors (Lipinski definition) is 2. The first-order valence-electron chi connectivity index (χ1n) is 6.23. The van der Waals surface area contributed by atoms with Crippen molar-refractivity contribution in [3.05, 3.63) is 21.9 Å². The zero-order chi connectivity index (χ0) is 12.3. The third-order valence-corrected chi connectivity index (χ3v) is 4.50. The fourth-order valence-electron chi connectivity index (χ4n) is 2.36. The van der Waals surface area contributed by atoms with E-state index >= 15 is 0 Å². The summed E-state index contributed by atoms with van der Waals surface area (Å²) in [4.78, 5) is 13.2. The van der Waals surface area contributed by atoms with Crippen LogP contribution in [0, 0.1) is 12.8 Å². The van der Waals surface area contributed by atoms with E-state index in [1.54, 1.807) is 11.3 Å². The lowest BCUT2D eigenvalue weighted by molar-refractivity contribution is -0.126. The van der Waals surface area contributed by atoms with Crippen molar-refractivity contribution in [1.29, 1.82) is 0 Å². The van der Waals surface area contributed by atoms with Crippen molar-refractivity contribution in [3.63, 3.8) is 0 Å². The molecule has 17 heavy (non-hydrogen) atoms. The molecule has 0 aliphatic heterocycles. The topological polar surface area (TPSA) is 55.1 Å². The molecule has 1 aliphatic rings. The number of carbonyl (C=O) groups is 1. The normalized spacial score (nSPS) is 24.6. The molecule has 0 radical (unpaired) electrons. The van der Waals surface area contributed by atoms with E-state index in [0.29, 0.717) is 6.54 Å². The van der Waals surface area contributed by atoms with E-state index in [1.807, 2.05) is 0 Å². The molecular formula is C13H20N2OS. The van der Waals surface area contributed by atoms with Crippen molar-refractivity contribution in [2.75, 3.05) is 0 Å². The van der Waals surface area contributed by atoms with Crippen LogP contribution in [0.3, 0.4) is 0 Å². The lowest BCUT2D eigenvalue weighted by Gasteiger charge is -2.25. The lowest BCUT2D eigenvalue weighted by atomic mass is 9.85. The van der Waals surface area contributed by atoms with Gasteiger partial charge in [-0.1, -0.05) is 6.42 Å². The van der Waals surface area contributed by atoms with E-state index in [4.69, 9.17) is 5.73 Å². The highest BCUT2D eigenvalue weighted by atomic mass is 32.1. The van der Waals surface area contributed by atoms with Crippen LogP contribution in [0.25, 0.3) is 0 Å². The maximum atomic E-state index is 12.0. The van der Waals surface area contributed by atoms with Crippen LogP contribution in [-0.2, 0) is 11.3 Å². The number of nitrogens with one attached hydrogen (secondary N) is 1. The molecule has 94 valence electrons. The molecule has 1 saturated carbocycles. The summed E-state index contributed by atoms with van der Waals surface area (Å²) in [6, 6.07) is 2.30.